The summed E-state index contributed by atoms with van der Waals surface area (Å²) in [6.45, 7) is 3.65. The van der Waals surface area contributed by atoms with Crippen LogP contribution in [0.5, 0.6) is 0 Å². The zero-order chi connectivity index (χ0) is 13.8. The molecule has 2 aromatic rings. The standard InChI is InChI=1S/C16H17N3O/c20-13-14-5-4-8-17-16(14)19-11-9-18(10-12-19)15-6-2-1-3-7-15/h1-8,13H,9-12H2. The molecule has 1 aliphatic rings. The van der Waals surface area contributed by atoms with E-state index >= 15 is 0 Å². The van der Waals surface area contributed by atoms with Crippen molar-refractivity contribution >= 4 is 17.8 Å². The van der Waals surface area contributed by atoms with Gasteiger partial charge in [-0.3, -0.25) is 4.79 Å². The number of rotatable bonds is 3. The van der Waals surface area contributed by atoms with Crippen molar-refractivity contribution in [3.8, 4) is 0 Å². The van der Waals surface area contributed by atoms with E-state index in [1.54, 1.807) is 12.3 Å². The monoisotopic (exact) mass is 267 g/mol. The fraction of sp³-hybridized carbons (Fsp3) is 0.250. The van der Waals surface area contributed by atoms with Gasteiger partial charge in [-0.25, -0.2) is 4.98 Å². The van der Waals surface area contributed by atoms with Gasteiger partial charge in [-0.05, 0) is 24.3 Å². The second-order valence-corrected chi connectivity index (χ2v) is 4.84. The first kappa shape index (κ1) is 12.7. The number of hydrogen-bond donors (Lipinski definition) is 0. The Bertz CT molecular complexity index is 577. The second kappa shape index (κ2) is 5.74. The molecule has 102 valence electrons. The molecule has 0 bridgehead atoms. The predicted octanol–water partition coefficient (Wildman–Crippen LogP) is 2.22. The normalized spacial score (nSPS) is 15.2. The molecule has 0 spiro atoms. The number of nitrogens with zero attached hydrogens (tertiary/aromatic N) is 3. The van der Waals surface area contributed by atoms with E-state index in [0.717, 1.165) is 38.3 Å². The van der Waals surface area contributed by atoms with E-state index in [-0.39, 0.29) is 0 Å². The average molecular weight is 267 g/mol. The van der Waals surface area contributed by atoms with Crippen LogP contribution in [0.15, 0.2) is 48.7 Å². The van der Waals surface area contributed by atoms with Crippen LogP contribution in [0.3, 0.4) is 0 Å². The predicted molar refractivity (Wildman–Crippen MR) is 80.5 cm³/mol. The third-order valence-electron chi connectivity index (χ3n) is 3.64. The Morgan fingerprint density at radius 3 is 2.30 bits per heavy atom. The lowest BCUT2D eigenvalue weighted by molar-refractivity contribution is 0.112. The minimum atomic E-state index is 0.667. The number of hydrogen-bond acceptors (Lipinski definition) is 4. The van der Waals surface area contributed by atoms with E-state index in [1.807, 2.05) is 12.1 Å². The minimum Gasteiger partial charge on any atom is -0.368 e. The molecule has 0 amide bonds. The van der Waals surface area contributed by atoms with E-state index < -0.39 is 0 Å². The maximum Gasteiger partial charge on any atom is 0.153 e. The highest BCUT2D eigenvalue weighted by Gasteiger charge is 2.19. The maximum atomic E-state index is 11.1. The highest BCUT2D eigenvalue weighted by atomic mass is 16.1. The molecule has 4 heteroatoms. The van der Waals surface area contributed by atoms with Crippen molar-refractivity contribution in [1.29, 1.82) is 0 Å². The molecule has 3 rings (SSSR count). The molecular formula is C16H17N3O. The molecular weight excluding hydrogens is 250 g/mol. The third kappa shape index (κ3) is 2.50. The Labute approximate surface area is 118 Å². The molecule has 1 aliphatic heterocycles. The van der Waals surface area contributed by atoms with E-state index in [0.29, 0.717) is 5.56 Å². The first-order valence-corrected chi connectivity index (χ1v) is 6.83. The van der Waals surface area contributed by atoms with Gasteiger partial charge in [0.1, 0.15) is 5.82 Å². The summed E-state index contributed by atoms with van der Waals surface area (Å²) in [5.41, 5.74) is 1.92. The number of pyridine rings is 1. The third-order valence-corrected chi connectivity index (χ3v) is 3.64. The summed E-state index contributed by atoms with van der Waals surface area (Å²) in [7, 11) is 0. The summed E-state index contributed by atoms with van der Waals surface area (Å²) in [6, 6.07) is 14.0. The zero-order valence-electron chi connectivity index (χ0n) is 11.3. The van der Waals surface area contributed by atoms with E-state index in [9.17, 15) is 4.79 Å². The van der Waals surface area contributed by atoms with Crippen LogP contribution in [0, 0.1) is 0 Å². The van der Waals surface area contributed by atoms with Crippen LogP contribution >= 0.6 is 0 Å². The summed E-state index contributed by atoms with van der Waals surface area (Å²) in [6.07, 6.45) is 2.62. The molecule has 0 saturated carbocycles. The highest BCUT2D eigenvalue weighted by molar-refractivity contribution is 5.82. The van der Waals surface area contributed by atoms with E-state index in [2.05, 4.69) is 39.0 Å². The number of piperazine rings is 1. The van der Waals surface area contributed by atoms with Crippen LogP contribution in [0.25, 0.3) is 0 Å². The molecule has 1 aromatic heterocycles. The van der Waals surface area contributed by atoms with Crippen molar-refractivity contribution in [2.75, 3.05) is 36.0 Å². The Morgan fingerprint density at radius 2 is 1.60 bits per heavy atom. The maximum absolute atomic E-state index is 11.1. The fourth-order valence-electron chi connectivity index (χ4n) is 2.58. The first-order valence-electron chi connectivity index (χ1n) is 6.83. The van der Waals surface area contributed by atoms with Gasteiger partial charge in [0, 0.05) is 38.1 Å². The number of anilines is 2. The van der Waals surface area contributed by atoms with Gasteiger partial charge in [-0.1, -0.05) is 18.2 Å². The van der Waals surface area contributed by atoms with Gasteiger partial charge in [0.05, 0.1) is 5.56 Å². The Balaban J connectivity index is 1.71. The first-order chi connectivity index (χ1) is 9.88. The Morgan fingerprint density at radius 1 is 0.900 bits per heavy atom. The molecule has 4 nitrogen and oxygen atoms in total. The molecule has 0 unspecified atom stereocenters. The number of carbonyl (C=O) groups excluding carboxylic acids is 1. The average Bonchev–Trinajstić information content (AvgIpc) is 2.56. The second-order valence-electron chi connectivity index (χ2n) is 4.84. The van der Waals surface area contributed by atoms with Crippen LogP contribution in [-0.2, 0) is 0 Å². The summed E-state index contributed by atoms with van der Waals surface area (Å²) in [5, 5.41) is 0. The quantitative estimate of drug-likeness (QED) is 0.799. The van der Waals surface area contributed by atoms with Gasteiger partial charge in [0.25, 0.3) is 0 Å². The van der Waals surface area contributed by atoms with E-state index in [4.69, 9.17) is 0 Å². The minimum absolute atomic E-state index is 0.667. The van der Waals surface area contributed by atoms with Crippen LogP contribution < -0.4 is 9.80 Å². The number of para-hydroxylation sites is 1. The molecule has 1 fully saturated rings. The SMILES string of the molecule is O=Cc1cccnc1N1CCN(c2ccccc2)CC1. The lowest BCUT2D eigenvalue weighted by atomic mass is 10.2. The zero-order valence-corrected chi connectivity index (χ0v) is 11.3. The lowest BCUT2D eigenvalue weighted by Crippen LogP contribution is -2.47. The van der Waals surface area contributed by atoms with Crippen LogP contribution in [0.2, 0.25) is 0 Å². The Hall–Kier alpha value is -2.36. The molecule has 0 aliphatic carbocycles. The van der Waals surface area contributed by atoms with Crippen molar-refractivity contribution in [1.82, 2.24) is 4.98 Å². The van der Waals surface area contributed by atoms with Gasteiger partial charge in [0.15, 0.2) is 6.29 Å². The summed E-state index contributed by atoms with van der Waals surface area (Å²) in [4.78, 5) is 20.0. The number of aldehydes is 1. The molecule has 0 radical (unpaired) electrons. The summed E-state index contributed by atoms with van der Waals surface area (Å²) >= 11 is 0. The van der Waals surface area contributed by atoms with Crippen molar-refractivity contribution in [3.63, 3.8) is 0 Å². The van der Waals surface area contributed by atoms with Crippen molar-refractivity contribution in [2.24, 2.45) is 0 Å². The summed E-state index contributed by atoms with van der Waals surface area (Å²) in [5.74, 6) is 0.801. The highest BCUT2D eigenvalue weighted by Crippen LogP contribution is 2.20. The number of carbonyl (C=O) groups is 1. The van der Waals surface area contributed by atoms with Gasteiger partial charge in [-0.2, -0.15) is 0 Å². The van der Waals surface area contributed by atoms with Gasteiger partial charge < -0.3 is 9.80 Å². The van der Waals surface area contributed by atoms with Gasteiger partial charge in [0.2, 0.25) is 0 Å². The lowest BCUT2D eigenvalue weighted by Gasteiger charge is -2.37. The van der Waals surface area contributed by atoms with Crippen LogP contribution in [-0.4, -0.2) is 37.4 Å². The number of aromatic nitrogens is 1. The number of benzene rings is 1. The van der Waals surface area contributed by atoms with Crippen LogP contribution in [0.4, 0.5) is 11.5 Å². The smallest absolute Gasteiger partial charge is 0.153 e. The molecule has 1 aromatic carbocycles. The van der Waals surface area contributed by atoms with E-state index in [1.165, 1.54) is 5.69 Å². The molecule has 0 atom stereocenters. The topological polar surface area (TPSA) is 36.4 Å². The molecule has 20 heavy (non-hydrogen) atoms. The van der Waals surface area contributed by atoms with Crippen molar-refractivity contribution in [3.05, 3.63) is 54.2 Å². The fourth-order valence-corrected chi connectivity index (χ4v) is 2.58. The largest absolute Gasteiger partial charge is 0.368 e. The van der Waals surface area contributed by atoms with Crippen molar-refractivity contribution in [2.45, 2.75) is 0 Å². The van der Waals surface area contributed by atoms with Gasteiger partial charge >= 0.3 is 0 Å². The molecule has 1 saturated heterocycles. The van der Waals surface area contributed by atoms with Gasteiger partial charge in [-0.15, -0.1) is 0 Å². The van der Waals surface area contributed by atoms with Crippen LogP contribution in [0.1, 0.15) is 10.4 Å². The summed E-state index contributed by atoms with van der Waals surface area (Å²) < 4.78 is 0. The molecule has 0 N–H and O–H groups in total. The Kier molecular flexibility index (Phi) is 3.63. The molecule has 2 heterocycles. The van der Waals surface area contributed by atoms with Crippen molar-refractivity contribution < 1.29 is 4.79 Å².